The molecule has 1 aliphatic rings. The van der Waals surface area contributed by atoms with Gasteiger partial charge in [0.2, 0.25) is 0 Å². The Kier molecular flexibility index (Phi) is 3.69. The lowest BCUT2D eigenvalue weighted by Crippen LogP contribution is -2.49. The average Bonchev–Trinajstić information content (AvgIpc) is 2.29. The van der Waals surface area contributed by atoms with Crippen molar-refractivity contribution in [3.05, 3.63) is 30.1 Å². The van der Waals surface area contributed by atoms with Crippen LogP contribution in [0, 0.1) is 0 Å². The predicted molar refractivity (Wildman–Crippen MR) is 61.8 cm³/mol. The number of pyridine rings is 1. The molecule has 0 radical (unpaired) electrons. The number of rotatable bonds is 3. The van der Waals surface area contributed by atoms with Crippen LogP contribution >= 0.6 is 0 Å². The normalized spacial score (nSPS) is 22.9. The molecule has 1 atom stereocenters. The summed E-state index contributed by atoms with van der Waals surface area (Å²) < 4.78 is 0. The Bertz CT molecular complexity index is 286. The van der Waals surface area contributed by atoms with Gasteiger partial charge in [0.15, 0.2) is 0 Å². The number of hydrogen-bond donors (Lipinski definition) is 1. The first-order valence-electron chi connectivity index (χ1n) is 5.66. The molecule has 1 saturated heterocycles. The van der Waals surface area contributed by atoms with E-state index in [2.05, 4.69) is 34.4 Å². The van der Waals surface area contributed by atoms with Gasteiger partial charge in [0, 0.05) is 38.1 Å². The number of piperazine rings is 1. The van der Waals surface area contributed by atoms with E-state index in [-0.39, 0.29) is 0 Å². The van der Waals surface area contributed by atoms with Crippen LogP contribution in [0.4, 0.5) is 0 Å². The van der Waals surface area contributed by atoms with Crippen molar-refractivity contribution in [3.8, 4) is 0 Å². The van der Waals surface area contributed by atoms with E-state index in [4.69, 9.17) is 0 Å². The molecule has 1 aliphatic heterocycles. The fraction of sp³-hybridized carbons (Fsp3) is 0.583. The molecule has 0 aromatic carbocycles. The van der Waals surface area contributed by atoms with Crippen molar-refractivity contribution in [1.82, 2.24) is 15.2 Å². The molecule has 1 N–H and O–H groups in total. The molecule has 3 heteroatoms. The molecule has 1 fully saturated rings. The highest BCUT2D eigenvalue weighted by Crippen LogP contribution is 2.09. The lowest BCUT2D eigenvalue weighted by Gasteiger charge is -2.33. The second-order valence-electron chi connectivity index (χ2n) is 4.23. The van der Waals surface area contributed by atoms with Crippen molar-refractivity contribution in [1.29, 1.82) is 0 Å². The summed E-state index contributed by atoms with van der Waals surface area (Å²) in [5, 5.41) is 3.45. The van der Waals surface area contributed by atoms with Crippen LogP contribution in [-0.4, -0.2) is 42.6 Å². The molecule has 0 spiro atoms. The molecule has 3 nitrogen and oxygen atoms in total. The second-order valence-corrected chi connectivity index (χ2v) is 4.23. The summed E-state index contributed by atoms with van der Waals surface area (Å²) in [7, 11) is 2.22. The van der Waals surface area contributed by atoms with E-state index in [0.29, 0.717) is 6.04 Å². The highest BCUT2D eigenvalue weighted by Gasteiger charge is 2.17. The summed E-state index contributed by atoms with van der Waals surface area (Å²) in [4.78, 5) is 6.49. The van der Waals surface area contributed by atoms with Crippen molar-refractivity contribution in [3.63, 3.8) is 0 Å². The predicted octanol–water partition coefficient (Wildman–Crippen LogP) is 0.918. The summed E-state index contributed by atoms with van der Waals surface area (Å²) >= 11 is 0. The minimum atomic E-state index is 0.687. The molecule has 82 valence electrons. The van der Waals surface area contributed by atoms with Crippen molar-refractivity contribution in [2.45, 2.75) is 18.9 Å². The first kappa shape index (κ1) is 10.6. The summed E-state index contributed by atoms with van der Waals surface area (Å²) in [5.41, 5.74) is 1.39. The summed E-state index contributed by atoms with van der Waals surface area (Å²) in [6.45, 7) is 3.42. The molecule has 0 saturated carbocycles. The number of aryl methyl sites for hydroxylation is 1. The van der Waals surface area contributed by atoms with Crippen LogP contribution in [0.15, 0.2) is 24.5 Å². The monoisotopic (exact) mass is 205 g/mol. The average molecular weight is 205 g/mol. The molecular weight excluding hydrogens is 186 g/mol. The zero-order chi connectivity index (χ0) is 10.5. The number of hydrogen-bond acceptors (Lipinski definition) is 3. The van der Waals surface area contributed by atoms with Gasteiger partial charge < -0.3 is 10.2 Å². The van der Waals surface area contributed by atoms with Gasteiger partial charge in [-0.1, -0.05) is 0 Å². The number of nitrogens with one attached hydrogen (secondary N) is 1. The lowest BCUT2D eigenvalue weighted by molar-refractivity contribution is 0.191. The van der Waals surface area contributed by atoms with Gasteiger partial charge in [0.1, 0.15) is 0 Å². The Morgan fingerprint density at radius 1 is 1.47 bits per heavy atom. The number of likely N-dealkylation sites (N-methyl/N-ethyl adjacent to an activating group) is 1. The van der Waals surface area contributed by atoms with Gasteiger partial charge in [-0.05, 0) is 37.6 Å². The van der Waals surface area contributed by atoms with Gasteiger partial charge in [0.05, 0.1) is 0 Å². The third kappa shape index (κ3) is 3.01. The van der Waals surface area contributed by atoms with Gasteiger partial charge in [-0.3, -0.25) is 4.98 Å². The van der Waals surface area contributed by atoms with Crippen LogP contribution in [0.2, 0.25) is 0 Å². The summed E-state index contributed by atoms with van der Waals surface area (Å²) in [5.74, 6) is 0. The van der Waals surface area contributed by atoms with Crippen LogP contribution in [0.3, 0.4) is 0 Å². The van der Waals surface area contributed by atoms with Gasteiger partial charge in [0.25, 0.3) is 0 Å². The minimum absolute atomic E-state index is 0.687. The van der Waals surface area contributed by atoms with Crippen LogP contribution in [0.1, 0.15) is 12.0 Å². The molecular formula is C12H19N3. The van der Waals surface area contributed by atoms with E-state index < -0.39 is 0 Å². The molecule has 0 bridgehead atoms. The topological polar surface area (TPSA) is 28.2 Å². The smallest absolute Gasteiger partial charge is 0.0270 e. The molecule has 2 heterocycles. The highest BCUT2D eigenvalue weighted by atomic mass is 15.2. The van der Waals surface area contributed by atoms with E-state index in [9.17, 15) is 0 Å². The zero-order valence-electron chi connectivity index (χ0n) is 9.32. The van der Waals surface area contributed by atoms with Crippen LogP contribution in [0.5, 0.6) is 0 Å². The number of nitrogens with zero attached hydrogens (tertiary/aromatic N) is 2. The van der Waals surface area contributed by atoms with Gasteiger partial charge in [-0.2, -0.15) is 0 Å². The van der Waals surface area contributed by atoms with Crippen molar-refractivity contribution in [2.24, 2.45) is 0 Å². The Labute approximate surface area is 91.5 Å². The summed E-state index contributed by atoms with van der Waals surface area (Å²) in [6, 6.07) is 4.90. The first-order chi connectivity index (χ1) is 7.36. The van der Waals surface area contributed by atoms with E-state index in [0.717, 1.165) is 19.5 Å². The van der Waals surface area contributed by atoms with Crippen LogP contribution in [-0.2, 0) is 6.42 Å². The molecule has 1 unspecified atom stereocenters. The molecule has 15 heavy (non-hydrogen) atoms. The van der Waals surface area contributed by atoms with E-state index in [1.54, 1.807) is 0 Å². The molecule has 1 aromatic heterocycles. The Balaban J connectivity index is 1.82. The Hall–Kier alpha value is -0.930. The van der Waals surface area contributed by atoms with Crippen molar-refractivity contribution >= 4 is 0 Å². The zero-order valence-corrected chi connectivity index (χ0v) is 9.32. The quantitative estimate of drug-likeness (QED) is 0.795. The fourth-order valence-corrected chi connectivity index (χ4v) is 2.07. The van der Waals surface area contributed by atoms with E-state index in [1.165, 1.54) is 18.5 Å². The molecule has 1 aromatic rings. The largest absolute Gasteiger partial charge is 0.314 e. The van der Waals surface area contributed by atoms with Crippen LogP contribution in [0.25, 0.3) is 0 Å². The Morgan fingerprint density at radius 3 is 3.00 bits per heavy atom. The van der Waals surface area contributed by atoms with E-state index >= 15 is 0 Å². The first-order valence-corrected chi connectivity index (χ1v) is 5.66. The number of aromatic nitrogens is 1. The second kappa shape index (κ2) is 5.24. The fourth-order valence-electron chi connectivity index (χ4n) is 2.07. The van der Waals surface area contributed by atoms with E-state index in [1.807, 2.05) is 12.4 Å². The molecule has 0 aliphatic carbocycles. The van der Waals surface area contributed by atoms with Gasteiger partial charge in [-0.15, -0.1) is 0 Å². The Morgan fingerprint density at radius 2 is 2.27 bits per heavy atom. The third-order valence-electron chi connectivity index (χ3n) is 3.16. The minimum Gasteiger partial charge on any atom is -0.314 e. The highest BCUT2D eigenvalue weighted by molar-refractivity contribution is 5.09. The SMILES string of the molecule is CN1CCNCC1CCc1ccncc1. The standard InChI is InChI=1S/C12H19N3/c1-15-9-8-14-10-12(15)3-2-11-4-6-13-7-5-11/h4-7,12,14H,2-3,8-10H2,1H3. The van der Waals surface area contributed by atoms with Crippen molar-refractivity contribution < 1.29 is 0 Å². The lowest BCUT2D eigenvalue weighted by atomic mass is 10.0. The summed E-state index contributed by atoms with van der Waals surface area (Å²) in [6.07, 6.45) is 6.13. The maximum Gasteiger partial charge on any atom is 0.0270 e. The van der Waals surface area contributed by atoms with Crippen molar-refractivity contribution in [2.75, 3.05) is 26.7 Å². The molecule has 2 rings (SSSR count). The third-order valence-corrected chi connectivity index (χ3v) is 3.16. The maximum absolute atomic E-state index is 4.03. The van der Waals surface area contributed by atoms with Gasteiger partial charge >= 0.3 is 0 Å². The van der Waals surface area contributed by atoms with Gasteiger partial charge in [-0.25, -0.2) is 0 Å². The maximum atomic E-state index is 4.03. The van der Waals surface area contributed by atoms with Crippen LogP contribution < -0.4 is 5.32 Å². The molecule has 0 amide bonds.